The Morgan fingerprint density at radius 1 is 1.33 bits per heavy atom. The molecule has 0 radical (unpaired) electrons. The molecular formula is C12H15N5O. The fourth-order valence-electron chi connectivity index (χ4n) is 2.26. The number of piperazine rings is 1. The third-order valence-corrected chi connectivity index (χ3v) is 3.22. The van der Waals surface area contributed by atoms with Crippen LogP contribution in [0.4, 0.5) is 5.69 Å². The van der Waals surface area contributed by atoms with Crippen molar-refractivity contribution in [2.24, 2.45) is 5.73 Å². The molecule has 1 aliphatic heterocycles. The van der Waals surface area contributed by atoms with Crippen molar-refractivity contribution in [1.82, 2.24) is 14.7 Å². The Morgan fingerprint density at radius 3 is 2.83 bits per heavy atom. The van der Waals surface area contributed by atoms with E-state index in [1.165, 1.54) is 6.20 Å². The molecule has 3 heterocycles. The van der Waals surface area contributed by atoms with Gasteiger partial charge in [0, 0.05) is 32.4 Å². The second-order valence-corrected chi connectivity index (χ2v) is 4.36. The van der Waals surface area contributed by atoms with Crippen molar-refractivity contribution in [2.75, 3.05) is 31.1 Å². The van der Waals surface area contributed by atoms with Crippen LogP contribution >= 0.6 is 0 Å². The molecule has 0 aromatic carbocycles. The van der Waals surface area contributed by atoms with Crippen LogP contribution in [-0.2, 0) is 0 Å². The van der Waals surface area contributed by atoms with Gasteiger partial charge in [-0.05, 0) is 12.1 Å². The largest absolute Gasteiger partial charge is 0.368 e. The molecule has 0 unspecified atom stereocenters. The average molecular weight is 245 g/mol. The standard InChI is InChI=1S/C12H15N5O/c13-12(18)10-7-15-11-2-1-9(8-17(10)11)16-5-3-14-4-6-16/h1-2,7-8,14H,3-6H2,(H2,13,18). The molecular weight excluding hydrogens is 230 g/mol. The minimum Gasteiger partial charge on any atom is -0.368 e. The summed E-state index contributed by atoms with van der Waals surface area (Å²) in [6.07, 6.45) is 3.44. The van der Waals surface area contributed by atoms with Crippen LogP contribution in [0.3, 0.4) is 0 Å². The smallest absolute Gasteiger partial charge is 0.267 e. The molecule has 0 aliphatic carbocycles. The molecule has 2 aromatic heterocycles. The van der Waals surface area contributed by atoms with Gasteiger partial charge in [0.25, 0.3) is 5.91 Å². The number of nitrogens with zero attached hydrogens (tertiary/aromatic N) is 3. The van der Waals surface area contributed by atoms with Gasteiger partial charge in [0.15, 0.2) is 0 Å². The number of carbonyl (C=O) groups is 1. The highest BCUT2D eigenvalue weighted by Crippen LogP contribution is 2.17. The first-order chi connectivity index (χ1) is 8.75. The minimum absolute atomic E-state index is 0.419. The molecule has 94 valence electrons. The third-order valence-electron chi connectivity index (χ3n) is 3.22. The van der Waals surface area contributed by atoms with Crippen molar-refractivity contribution in [2.45, 2.75) is 0 Å². The summed E-state index contributed by atoms with van der Waals surface area (Å²) < 4.78 is 1.75. The maximum atomic E-state index is 11.3. The van der Waals surface area contributed by atoms with E-state index in [0.717, 1.165) is 37.5 Å². The third kappa shape index (κ3) is 1.80. The Morgan fingerprint density at radius 2 is 2.11 bits per heavy atom. The zero-order valence-electron chi connectivity index (χ0n) is 9.97. The Balaban J connectivity index is 2.03. The highest BCUT2D eigenvalue weighted by molar-refractivity contribution is 5.91. The van der Waals surface area contributed by atoms with E-state index in [4.69, 9.17) is 5.73 Å². The van der Waals surface area contributed by atoms with Gasteiger partial charge in [0.1, 0.15) is 11.3 Å². The van der Waals surface area contributed by atoms with Crippen molar-refractivity contribution in [3.8, 4) is 0 Å². The summed E-state index contributed by atoms with van der Waals surface area (Å²) >= 11 is 0. The summed E-state index contributed by atoms with van der Waals surface area (Å²) in [5, 5.41) is 3.31. The van der Waals surface area contributed by atoms with Crippen LogP contribution in [0.1, 0.15) is 10.5 Å². The van der Waals surface area contributed by atoms with E-state index in [-0.39, 0.29) is 0 Å². The molecule has 0 atom stereocenters. The highest BCUT2D eigenvalue weighted by Gasteiger charge is 2.13. The predicted molar refractivity (Wildman–Crippen MR) is 68.8 cm³/mol. The van der Waals surface area contributed by atoms with E-state index in [2.05, 4.69) is 15.2 Å². The summed E-state index contributed by atoms with van der Waals surface area (Å²) in [5.74, 6) is -0.458. The van der Waals surface area contributed by atoms with Gasteiger partial charge in [-0.3, -0.25) is 9.20 Å². The molecule has 6 heteroatoms. The van der Waals surface area contributed by atoms with Crippen molar-refractivity contribution < 1.29 is 4.79 Å². The SMILES string of the molecule is NC(=O)c1cnc2ccc(N3CCNCC3)cn12. The lowest BCUT2D eigenvalue weighted by molar-refractivity contribution is 0.0995. The summed E-state index contributed by atoms with van der Waals surface area (Å²) in [5.41, 5.74) is 7.57. The van der Waals surface area contributed by atoms with Crippen LogP contribution < -0.4 is 16.0 Å². The summed E-state index contributed by atoms with van der Waals surface area (Å²) in [6.45, 7) is 3.88. The Labute approximate surface area is 104 Å². The predicted octanol–water partition coefficient (Wildman–Crippen LogP) is -0.157. The summed E-state index contributed by atoms with van der Waals surface area (Å²) in [6, 6.07) is 3.93. The number of fused-ring (bicyclic) bond motifs is 1. The first-order valence-corrected chi connectivity index (χ1v) is 5.98. The average Bonchev–Trinajstić information content (AvgIpc) is 2.82. The maximum absolute atomic E-state index is 11.3. The van der Waals surface area contributed by atoms with Gasteiger partial charge in [0.2, 0.25) is 0 Å². The number of primary amides is 1. The van der Waals surface area contributed by atoms with Crippen LogP contribution in [0.5, 0.6) is 0 Å². The second kappa shape index (κ2) is 4.30. The van der Waals surface area contributed by atoms with Crippen molar-refractivity contribution in [3.63, 3.8) is 0 Å². The van der Waals surface area contributed by atoms with Gasteiger partial charge in [-0.2, -0.15) is 0 Å². The van der Waals surface area contributed by atoms with Crippen LogP contribution in [0.2, 0.25) is 0 Å². The molecule has 1 fully saturated rings. The zero-order valence-corrected chi connectivity index (χ0v) is 9.97. The second-order valence-electron chi connectivity index (χ2n) is 4.36. The molecule has 2 aromatic rings. The molecule has 3 N–H and O–H groups in total. The van der Waals surface area contributed by atoms with E-state index in [0.29, 0.717) is 5.69 Å². The number of rotatable bonds is 2. The Kier molecular flexibility index (Phi) is 2.64. The minimum atomic E-state index is -0.458. The van der Waals surface area contributed by atoms with Gasteiger partial charge in [-0.15, -0.1) is 0 Å². The molecule has 1 aliphatic rings. The number of imidazole rings is 1. The van der Waals surface area contributed by atoms with Gasteiger partial charge in [-0.1, -0.05) is 0 Å². The topological polar surface area (TPSA) is 75.7 Å². The quantitative estimate of drug-likeness (QED) is 0.771. The van der Waals surface area contributed by atoms with E-state index >= 15 is 0 Å². The number of hydrogen-bond acceptors (Lipinski definition) is 4. The highest BCUT2D eigenvalue weighted by atomic mass is 16.1. The van der Waals surface area contributed by atoms with Crippen LogP contribution in [0.15, 0.2) is 24.5 Å². The Bertz CT molecular complexity index is 585. The van der Waals surface area contributed by atoms with Gasteiger partial charge < -0.3 is 16.0 Å². The van der Waals surface area contributed by atoms with Gasteiger partial charge in [0.05, 0.1) is 11.9 Å². The Hall–Kier alpha value is -2.08. The monoisotopic (exact) mass is 245 g/mol. The van der Waals surface area contributed by atoms with E-state index in [1.54, 1.807) is 4.40 Å². The van der Waals surface area contributed by atoms with E-state index in [1.807, 2.05) is 18.3 Å². The molecule has 6 nitrogen and oxygen atoms in total. The van der Waals surface area contributed by atoms with Gasteiger partial charge >= 0.3 is 0 Å². The van der Waals surface area contributed by atoms with Crippen molar-refractivity contribution >= 4 is 17.2 Å². The summed E-state index contributed by atoms with van der Waals surface area (Å²) in [7, 11) is 0. The number of anilines is 1. The molecule has 18 heavy (non-hydrogen) atoms. The van der Waals surface area contributed by atoms with E-state index in [9.17, 15) is 4.79 Å². The number of amides is 1. The van der Waals surface area contributed by atoms with Crippen molar-refractivity contribution in [3.05, 3.63) is 30.2 Å². The normalized spacial score (nSPS) is 16.1. The number of nitrogens with two attached hydrogens (primary N) is 1. The molecule has 1 saturated heterocycles. The number of pyridine rings is 1. The molecule has 0 spiro atoms. The van der Waals surface area contributed by atoms with Crippen LogP contribution in [0, 0.1) is 0 Å². The first-order valence-electron chi connectivity index (χ1n) is 5.98. The lowest BCUT2D eigenvalue weighted by Crippen LogP contribution is -2.43. The van der Waals surface area contributed by atoms with Gasteiger partial charge in [-0.25, -0.2) is 4.98 Å². The molecule has 0 saturated carbocycles. The van der Waals surface area contributed by atoms with Crippen LogP contribution in [-0.4, -0.2) is 41.5 Å². The number of aromatic nitrogens is 2. The number of hydrogen-bond donors (Lipinski definition) is 2. The molecule has 0 bridgehead atoms. The fraction of sp³-hybridized carbons (Fsp3) is 0.333. The number of nitrogens with one attached hydrogen (secondary N) is 1. The summed E-state index contributed by atoms with van der Waals surface area (Å²) in [4.78, 5) is 17.7. The van der Waals surface area contributed by atoms with Crippen LogP contribution in [0.25, 0.3) is 5.65 Å². The first kappa shape index (κ1) is 11.0. The fourth-order valence-corrected chi connectivity index (χ4v) is 2.26. The molecule has 1 amide bonds. The molecule has 3 rings (SSSR count). The number of carbonyl (C=O) groups excluding carboxylic acids is 1. The zero-order chi connectivity index (χ0) is 12.5. The van der Waals surface area contributed by atoms with Crippen molar-refractivity contribution in [1.29, 1.82) is 0 Å². The lowest BCUT2D eigenvalue weighted by atomic mass is 10.3. The van der Waals surface area contributed by atoms with E-state index < -0.39 is 5.91 Å². The maximum Gasteiger partial charge on any atom is 0.267 e. The lowest BCUT2D eigenvalue weighted by Gasteiger charge is -2.29.